The topological polar surface area (TPSA) is 41.2 Å². The van der Waals surface area contributed by atoms with Crippen LogP contribution in [0.3, 0.4) is 0 Å². The molecule has 724 valence electrons. The fourth-order valence-corrected chi connectivity index (χ4v) is 19.6. The zero-order valence-electron chi connectivity index (χ0n) is 83.7. The summed E-state index contributed by atoms with van der Waals surface area (Å²) >= 11 is 4.68. The Kier molecular flexibility index (Phi) is 31.4. The third kappa shape index (κ3) is 24.1. The van der Waals surface area contributed by atoms with Crippen LogP contribution < -0.4 is 49.4 Å². The molecule has 0 saturated carbocycles. The van der Waals surface area contributed by atoms with E-state index in [1.165, 1.54) is 52.0 Å². The molecule has 0 heterocycles. The van der Waals surface area contributed by atoms with E-state index in [1.54, 1.807) is 0 Å². The van der Waals surface area contributed by atoms with Crippen molar-refractivity contribution in [3.63, 3.8) is 0 Å². The number of aryl methyl sites for hydroxylation is 5. The molecule has 0 aliphatic carbocycles. The van der Waals surface area contributed by atoms with Crippen molar-refractivity contribution in [3.8, 4) is 0 Å². The summed E-state index contributed by atoms with van der Waals surface area (Å²) in [7, 11) is 0. The predicted molar refractivity (Wildman–Crippen MR) is 650 cm³/mol. The van der Waals surface area contributed by atoms with Gasteiger partial charge in [-0.05, 0) is 478 Å². The lowest BCUT2D eigenvalue weighted by Gasteiger charge is -2.31. The molecule has 12 heteroatoms. The van der Waals surface area contributed by atoms with Crippen LogP contribution in [0.4, 0.5) is 165 Å². The van der Waals surface area contributed by atoms with Gasteiger partial charge in [0.25, 0.3) is 0 Å². The van der Waals surface area contributed by atoms with Gasteiger partial charge in [0.05, 0.1) is 0 Å². The minimum atomic E-state index is 1.00. The summed E-state index contributed by atoms with van der Waals surface area (Å²) in [5, 5.41) is 3.44. The van der Waals surface area contributed by atoms with Crippen molar-refractivity contribution in [3.05, 3.63) is 617 Å². The highest BCUT2D eigenvalue weighted by Gasteiger charge is 2.25. The minimum Gasteiger partial charge on any atom is -0.356 e. The van der Waals surface area contributed by atoms with Gasteiger partial charge in [-0.1, -0.05) is 212 Å². The van der Waals surface area contributed by atoms with Gasteiger partial charge in [-0.3, -0.25) is 0 Å². The molecule has 22 aromatic rings. The van der Waals surface area contributed by atoms with Crippen molar-refractivity contribution < 1.29 is 0 Å². The number of rotatable bonds is 29. The van der Waals surface area contributed by atoms with Gasteiger partial charge in [0, 0.05) is 172 Å². The van der Waals surface area contributed by atoms with E-state index in [4.69, 9.17) is 0 Å². The quantitative estimate of drug-likeness (QED) is 0.0459. The first-order chi connectivity index (χ1) is 73.3. The van der Waals surface area contributed by atoms with E-state index in [0.717, 1.165) is 148 Å². The summed E-state index contributed by atoms with van der Waals surface area (Å²) < 4.78 is 2.49. The van der Waals surface area contributed by atoms with Crippen LogP contribution in [0, 0.1) is 41.8 Å². The zero-order valence-corrected chi connectivity index (χ0v) is 88.0. The molecular formula is C137H112I2N10. The lowest BCUT2D eigenvalue weighted by atomic mass is 10.1. The first kappa shape index (κ1) is 98.7. The summed E-state index contributed by atoms with van der Waals surface area (Å²) in [5.41, 5.74) is 37.4. The summed E-state index contributed by atoms with van der Waals surface area (Å²) in [6.07, 6.45) is 0. The van der Waals surface area contributed by atoms with E-state index < -0.39 is 0 Å². The maximum absolute atomic E-state index is 3.44. The van der Waals surface area contributed by atoms with Gasteiger partial charge in [-0.2, -0.15) is 0 Å². The molecule has 0 aliphatic rings. The van der Waals surface area contributed by atoms with Crippen LogP contribution >= 0.6 is 45.2 Å². The molecule has 0 amide bonds. The predicted octanol–water partition coefficient (Wildman–Crippen LogP) is 40.8. The summed E-state index contributed by atoms with van der Waals surface area (Å²) in [6.45, 7) is 10.7. The van der Waals surface area contributed by atoms with Gasteiger partial charge >= 0.3 is 0 Å². The van der Waals surface area contributed by atoms with Crippen LogP contribution in [0.15, 0.2) is 582 Å². The summed E-state index contributed by atoms with van der Waals surface area (Å²) in [5.74, 6) is 0. The largest absolute Gasteiger partial charge is 0.356 e. The number of halogens is 2. The molecule has 0 bridgehead atoms. The molecule has 0 atom stereocenters. The first-order valence-corrected chi connectivity index (χ1v) is 52.4. The number of anilines is 29. The monoisotopic (exact) mass is 2150 g/mol. The van der Waals surface area contributed by atoms with Crippen molar-refractivity contribution >= 4 is 210 Å². The number of hydrogen-bond acceptors (Lipinski definition) is 10. The number of para-hydroxylation sites is 8. The highest BCUT2D eigenvalue weighted by atomic mass is 127. The minimum absolute atomic E-state index is 1.00. The van der Waals surface area contributed by atoms with Gasteiger partial charge in [0.15, 0.2) is 0 Å². The SMILES string of the molecule is Cc1ccc(N(c2ccc(I)cc2)c2ccc(I)cc2)cc1.Cc1cccc(N(c2ccccc2)c2ccc(N(c3ccccc3)c3ccc(N(c4ccc(N(c5ccccc5)c5ccc(N(c6ccccc6)c6cccc(C)c6)cc5)cc4)c4ccc(N(c5ccccc5)c5ccc(N(c6ccccc6)c6cccc(C)c6)cc5)cc4)cc3)cc2)c1.Cc1cccc(N(c2ccccc2)c2ccc(Nc3ccccc3)cc2)c1. The van der Waals surface area contributed by atoms with Gasteiger partial charge in [0.2, 0.25) is 0 Å². The highest BCUT2D eigenvalue weighted by molar-refractivity contribution is 14.1. The summed E-state index contributed by atoms with van der Waals surface area (Å²) in [6, 6.07) is 207. The molecule has 149 heavy (non-hydrogen) atoms. The van der Waals surface area contributed by atoms with E-state index in [0.29, 0.717) is 0 Å². The maximum atomic E-state index is 3.44. The molecule has 0 aromatic heterocycles. The number of hydrogen-bond donors (Lipinski definition) is 1. The Bertz CT molecular complexity index is 7410. The molecule has 22 rings (SSSR count). The summed E-state index contributed by atoms with van der Waals surface area (Å²) in [4.78, 5) is 20.9. The van der Waals surface area contributed by atoms with Crippen LogP contribution in [-0.4, -0.2) is 0 Å². The Morgan fingerprint density at radius 3 is 0.416 bits per heavy atom. The first-order valence-electron chi connectivity index (χ1n) is 50.2. The van der Waals surface area contributed by atoms with Crippen LogP contribution in [0.25, 0.3) is 0 Å². The highest BCUT2D eigenvalue weighted by Crippen LogP contribution is 2.49. The second kappa shape index (κ2) is 47.4. The Labute approximate surface area is 903 Å². The van der Waals surface area contributed by atoms with Crippen LogP contribution in [0.2, 0.25) is 0 Å². The molecule has 0 spiro atoms. The molecule has 0 fully saturated rings. The second-order valence-corrected chi connectivity index (χ2v) is 39.1. The van der Waals surface area contributed by atoms with Crippen molar-refractivity contribution in [1.82, 2.24) is 0 Å². The Morgan fingerprint density at radius 1 is 0.114 bits per heavy atom. The normalized spacial score (nSPS) is 10.8. The molecule has 0 saturated heterocycles. The van der Waals surface area contributed by atoms with Crippen molar-refractivity contribution in [2.24, 2.45) is 0 Å². The number of nitrogens with one attached hydrogen (secondary N) is 1. The molecule has 0 aliphatic heterocycles. The average Bonchev–Trinajstić information content (AvgIpc) is 0.774. The van der Waals surface area contributed by atoms with Gasteiger partial charge in [-0.25, -0.2) is 0 Å². The third-order valence-corrected chi connectivity index (χ3v) is 27.4. The lowest BCUT2D eigenvalue weighted by molar-refractivity contribution is 1.23. The third-order valence-electron chi connectivity index (χ3n) is 26.0. The van der Waals surface area contributed by atoms with Gasteiger partial charge in [-0.15, -0.1) is 0 Å². The molecule has 22 aromatic carbocycles. The maximum Gasteiger partial charge on any atom is 0.0464 e. The van der Waals surface area contributed by atoms with E-state index in [1.807, 2.05) is 24.3 Å². The van der Waals surface area contributed by atoms with Crippen LogP contribution in [0.1, 0.15) is 27.8 Å². The zero-order chi connectivity index (χ0) is 102. The van der Waals surface area contributed by atoms with E-state index in [9.17, 15) is 0 Å². The lowest BCUT2D eigenvalue weighted by Crippen LogP contribution is -2.14. The van der Waals surface area contributed by atoms with Gasteiger partial charge in [0.1, 0.15) is 0 Å². The molecular weight excluding hydrogens is 2040 g/mol. The number of nitrogens with zero attached hydrogens (tertiary/aromatic N) is 9. The van der Waals surface area contributed by atoms with Gasteiger partial charge < -0.3 is 49.4 Å². The van der Waals surface area contributed by atoms with E-state index in [-0.39, 0.29) is 0 Å². The number of benzene rings is 22. The molecule has 1 N–H and O–H groups in total. The Balaban J connectivity index is 0.000000221. The van der Waals surface area contributed by atoms with Crippen LogP contribution in [0.5, 0.6) is 0 Å². The Morgan fingerprint density at radius 2 is 0.242 bits per heavy atom. The fourth-order valence-electron chi connectivity index (χ4n) is 18.9. The van der Waals surface area contributed by atoms with E-state index in [2.05, 4.69) is 687 Å². The van der Waals surface area contributed by atoms with Crippen molar-refractivity contribution in [2.45, 2.75) is 34.6 Å². The van der Waals surface area contributed by atoms with Crippen molar-refractivity contribution in [1.29, 1.82) is 0 Å². The average molecular weight is 2150 g/mol. The Hall–Kier alpha value is -17.7. The van der Waals surface area contributed by atoms with Crippen LogP contribution in [-0.2, 0) is 0 Å². The smallest absolute Gasteiger partial charge is 0.0464 e. The van der Waals surface area contributed by atoms with E-state index >= 15 is 0 Å². The molecule has 0 unspecified atom stereocenters. The fraction of sp³-hybridized carbons (Fsp3) is 0.0365. The van der Waals surface area contributed by atoms with Crippen molar-refractivity contribution in [2.75, 3.05) is 49.4 Å². The molecule has 0 radical (unpaired) electrons. The molecule has 10 nitrogen and oxygen atoms in total. The second-order valence-electron chi connectivity index (χ2n) is 36.6. The standard InChI is InChI=1S/C93H75N7.C25H22N2.C19H15I2N/c1-70-25-22-40-91(67-70)98(76-34-16-7-17-35-76)88-61-55-82(56-62-88)94(73-28-10-4-11-29-73)79-43-49-85(50-44-79)97(86-51-45-80(46-52-86)95(74-30-12-5-13-31-74)83-57-63-89(64-58-83)99(77-36-18-8-19-37-77)92-41-23-26-71(2)68-92)87-53-47-81(48-54-87)96(75-32-14-6-15-33-75)84-59-65-90(66-60-84)100(78-38-20-9-21-39-78)93-42-24-27-72(3)69-93;1-20-9-8-14-25(19-20)27(23-12-6-3-7-13-23)24-17-15-22(16-18-24)26-21-10-4-2-5-11-21;1-14-2-8-17(9-3-14)22(18-10-4-15(20)5-11-18)19-12-6-16(21)7-13-19/h4-69H,1-3H3;2-19,26H,1H3;2-13H,1H3.